The fraction of sp³-hybridized carbons (Fsp3) is 0. The maximum absolute atomic E-state index is 11.3. The smallest absolute Gasteiger partial charge is 0.122 e. The van der Waals surface area contributed by atoms with Crippen LogP contribution in [0.4, 0.5) is 0 Å². The summed E-state index contributed by atoms with van der Waals surface area (Å²) in [6, 6.07) is 15.2. The number of aromatic amines is 1. The summed E-state index contributed by atoms with van der Waals surface area (Å²) < 4.78 is 11.3. The average molecular weight is 257 g/mol. The third-order valence-corrected chi connectivity index (χ3v) is 3.53. The predicted octanol–water partition coefficient (Wildman–Crippen LogP) is 2.21. The highest BCUT2D eigenvalue weighted by molar-refractivity contribution is 7.82. The van der Waals surface area contributed by atoms with Crippen LogP contribution in [0.3, 0.4) is 0 Å². The fourth-order valence-electron chi connectivity index (χ4n) is 1.95. The molecule has 3 N–H and O–H groups in total. The van der Waals surface area contributed by atoms with Crippen molar-refractivity contribution in [3.05, 3.63) is 48.5 Å². The number of para-hydroxylation sites is 1. The third-order valence-electron chi connectivity index (χ3n) is 2.81. The summed E-state index contributed by atoms with van der Waals surface area (Å²) in [6.07, 6.45) is 0. The van der Waals surface area contributed by atoms with Crippen LogP contribution in [-0.4, -0.2) is 14.4 Å². The lowest BCUT2D eigenvalue weighted by molar-refractivity contribution is 0.684. The van der Waals surface area contributed by atoms with Crippen molar-refractivity contribution in [2.45, 2.75) is 4.90 Å². The Balaban J connectivity index is 2.20. The second-order valence-corrected chi connectivity index (χ2v) is 5.01. The molecular formula is C13H11N3OS. The lowest BCUT2D eigenvalue weighted by atomic mass is 10.1. The number of benzene rings is 2. The van der Waals surface area contributed by atoms with E-state index in [0.29, 0.717) is 4.90 Å². The molecule has 0 saturated heterocycles. The first kappa shape index (κ1) is 11.1. The largest absolute Gasteiger partial charge is 0.277 e. The molecule has 0 aliphatic carbocycles. The molecule has 5 heteroatoms. The summed E-state index contributed by atoms with van der Waals surface area (Å²) in [4.78, 5) is 0.597. The lowest BCUT2D eigenvalue weighted by Gasteiger charge is -2.00. The van der Waals surface area contributed by atoms with Gasteiger partial charge in [-0.2, -0.15) is 5.10 Å². The number of nitrogens with one attached hydrogen (secondary N) is 1. The fourth-order valence-corrected chi connectivity index (χ4v) is 2.41. The molecule has 1 unspecified atom stereocenters. The van der Waals surface area contributed by atoms with Crippen LogP contribution in [0.5, 0.6) is 0 Å². The normalized spacial score (nSPS) is 12.7. The molecule has 3 rings (SSSR count). The van der Waals surface area contributed by atoms with Gasteiger partial charge in [-0.3, -0.25) is 5.10 Å². The predicted molar refractivity (Wildman–Crippen MR) is 72.1 cm³/mol. The van der Waals surface area contributed by atoms with Crippen LogP contribution in [0.15, 0.2) is 53.4 Å². The average Bonchev–Trinajstić information content (AvgIpc) is 2.82. The number of nitrogens with zero attached hydrogens (tertiary/aromatic N) is 1. The third kappa shape index (κ3) is 1.83. The molecule has 0 radical (unpaired) electrons. The molecule has 4 nitrogen and oxygen atoms in total. The first-order chi connectivity index (χ1) is 8.75. The van der Waals surface area contributed by atoms with Crippen LogP contribution in [0.25, 0.3) is 22.2 Å². The molecule has 1 heterocycles. The van der Waals surface area contributed by atoms with Gasteiger partial charge < -0.3 is 0 Å². The number of hydrogen-bond acceptors (Lipinski definition) is 2. The van der Waals surface area contributed by atoms with Crippen LogP contribution < -0.4 is 5.14 Å². The molecule has 0 saturated carbocycles. The van der Waals surface area contributed by atoms with E-state index >= 15 is 0 Å². The Morgan fingerprint density at radius 3 is 2.78 bits per heavy atom. The van der Waals surface area contributed by atoms with Crippen LogP contribution in [-0.2, 0) is 11.0 Å². The Hall–Kier alpha value is -1.98. The highest BCUT2D eigenvalue weighted by Crippen LogP contribution is 2.26. The Labute approximate surface area is 106 Å². The quantitative estimate of drug-likeness (QED) is 0.738. The number of nitrogens with two attached hydrogens (primary N) is 1. The van der Waals surface area contributed by atoms with Gasteiger partial charge in [0.1, 0.15) is 11.0 Å². The van der Waals surface area contributed by atoms with E-state index in [1.54, 1.807) is 12.1 Å². The van der Waals surface area contributed by atoms with Crippen LogP contribution >= 0.6 is 0 Å². The monoisotopic (exact) mass is 257 g/mol. The van der Waals surface area contributed by atoms with Crippen molar-refractivity contribution in [2.75, 3.05) is 0 Å². The van der Waals surface area contributed by atoms with Gasteiger partial charge in [-0.15, -0.1) is 0 Å². The van der Waals surface area contributed by atoms with Crippen LogP contribution in [0.1, 0.15) is 0 Å². The van der Waals surface area contributed by atoms with Crippen LogP contribution in [0, 0.1) is 0 Å². The van der Waals surface area contributed by atoms with E-state index in [1.165, 1.54) is 0 Å². The second kappa shape index (κ2) is 4.36. The zero-order chi connectivity index (χ0) is 12.5. The van der Waals surface area contributed by atoms with E-state index < -0.39 is 11.0 Å². The number of rotatable bonds is 2. The number of aromatic nitrogens is 2. The first-order valence-corrected chi connectivity index (χ1v) is 6.67. The summed E-state index contributed by atoms with van der Waals surface area (Å²) in [5, 5.41) is 13.7. The highest BCUT2D eigenvalue weighted by Gasteiger charge is 2.08. The Bertz CT molecular complexity index is 736. The molecule has 3 aromatic rings. The van der Waals surface area contributed by atoms with Crippen molar-refractivity contribution in [1.29, 1.82) is 0 Å². The number of hydrogen-bond donors (Lipinski definition) is 2. The summed E-state index contributed by atoms with van der Waals surface area (Å²) >= 11 is 0. The maximum Gasteiger partial charge on any atom is 0.122 e. The molecule has 2 aromatic carbocycles. The minimum atomic E-state index is -1.47. The van der Waals surface area contributed by atoms with Crippen LogP contribution in [0.2, 0.25) is 0 Å². The van der Waals surface area contributed by atoms with E-state index in [9.17, 15) is 4.21 Å². The van der Waals surface area contributed by atoms with Gasteiger partial charge in [-0.1, -0.05) is 30.3 Å². The number of fused-ring (bicyclic) bond motifs is 1. The molecule has 1 aromatic heterocycles. The highest BCUT2D eigenvalue weighted by atomic mass is 32.2. The Kier molecular flexibility index (Phi) is 2.70. The minimum absolute atomic E-state index is 0.597. The maximum atomic E-state index is 11.3. The Morgan fingerprint density at radius 1 is 1.11 bits per heavy atom. The topological polar surface area (TPSA) is 71.8 Å². The van der Waals surface area contributed by atoms with Gasteiger partial charge >= 0.3 is 0 Å². The molecule has 0 aliphatic heterocycles. The summed E-state index contributed by atoms with van der Waals surface area (Å²) in [6.45, 7) is 0. The zero-order valence-electron chi connectivity index (χ0n) is 9.46. The van der Waals surface area contributed by atoms with E-state index in [2.05, 4.69) is 10.2 Å². The molecule has 18 heavy (non-hydrogen) atoms. The van der Waals surface area contributed by atoms with Gasteiger partial charge in [-0.25, -0.2) is 9.35 Å². The van der Waals surface area contributed by atoms with Gasteiger partial charge in [0.2, 0.25) is 0 Å². The molecule has 0 spiro atoms. The molecule has 0 aliphatic rings. The SMILES string of the molecule is NS(=O)c1cccc(-c2n[nH]c3ccccc23)c1. The standard InChI is InChI=1S/C13H11N3OS/c14-18(17)10-5-3-4-9(8-10)13-11-6-1-2-7-12(11)15-16-13/h1-8H,14H2,(H,15,16). The van der Waals surface area contributed by atoms with Gasteiger partial charge in [0.15, 0.2) is 0 Å². The molecule has 0 amide bonds. The lowest BCUT2D eigenvalue weighted by Crippen LogP contribution is -2.02. The van der Waals surface area contributed by atoms with Gasteiger partial charge in [0, 0.05) is 10.9 Å². The van der Waals surface area contributed by atoms with E-state index in [1.807, 2.05) is 36.4 Å². The van der Waals surface area contributed by atoms with Crippen molar-refractivity contribution in [1.82, 2.24) is 10.2 Å². The minimum Gasteiger partial charge on any atom is -0.277 e. The molecule has 90 valence electrons. The molecule has 0 fully saturated rings. The van der Waals surface area contributed by atoms with Gasteiger partial charge in [0.05, 0.1) is 16.1 Å². The van der Waals surface area contributed by atoms with Crippen molar-refractivity contribution < 1.29 is 4.21 Å². The Morgan fingerprint density at radius 2 is 1.94 bits per heavy atom. The van der Waals surface area contributed by atoms with Crippen molar-refractivity contribution in [3.63, 3.8) is 0 Å². The zero-order valence-corrected chi connectivity index (χ0v) is 10.3. The summed E-state index contributed by atoms with van der Waals surface area (Å²) in [5.74, 6) is 0. The van der Waals surface area contributed by atoms with Gasteiger partial charge in [-0.05, 0) is 18.2 Å². The summed E-state index contributed by atoms with van der Waals surface area (Å²) in [7, 11) is -1.47. The molecule has 1 atom stereocenters. The van der Waals surface area contributed by atoms with Gasteiger partial charge in [0.25, 0.3) is 0 Å². The van der Waals surface area contributed by atoms with Crippen molar-refractivity contribution >= 4 is 21.9 Å². The summed E-state index contributed by atoms with van der Waals surface area (Å²) in [5.41, 5.74) is 2.73. The molecule has 0 bridgehead atoms. The van der Waals surface area contributed by atoms with E-state index in [0.717, 1.165) is 22.2 Å². The first-order valence-electron chi connectivity index (χ1n) is 5.45. The van der Waals surface area contributed by atoms with Crippen molar-refractivity contribution in [3.8, 4) is 11.3 Å². The number of H-pyrrole nitrogens is 1. The van der Waals surface area contributed by atoms with E-state index in [-0.39, 0.29) is 0 Å². The second-order valence-electron chi connectivity index (χ2n) is 3.94. The van der Waals surface area contributed by atoms with E-state index in [4.69, 9.17) is 5.14 Å². The molecular weight excluding hydrogens is 246 g/mol. The van der Waals surface area contributed by atoms with Crippen molar-refractivity contribution in [2.24, 2.45) is 5.14 Å².